The second-order valence-electron chi connectivity index (χ2n) is 7.34. The van der Waals surface area contributed by atoms with E-state index in [1.54, 1.807) is 24.4 Å². The first-order valence-corrected chi connectivity index (χ1v) is 10.3. The predicted octanol–water partition coefficient (Wildman–Crippen LogP) is 2.20. The lowest BCUT2D eigenvalue weighted by atomic mass is 9.99. The first-order chi connectivity index (χ1) is 16.4. The molecule has 0 saturated heterocycles. The zero-order valence-electron chi connectivity index (χ0n) is 18.9. The monoisotopic (exact) mass is 456 g/mol. The average Bonchev–Trinajstić information content (AvgIpc) is 2.82. The van der Waals surface area contributed by atoms with Crippen molar-refractivity contribution < 1.29 is 14.3 Å². The summed E-state index contributed by atoms with van der Waals surface area (Å²) in [6.45, 7) is 0. The predicted molar refractivity (Wildman–Crippen MR) is 128 cm³/mol. The van der Waals surface area contributed by atoms with E-state index in [0.29, 0.717) is 58.8 Å². The molecule has 0 bridgehead atoms. The summed E-state index contributed by atoms with van der Waals surface area (Å²) < 4.78 is 11.1. The van der Waals surface area contributed by atoms with Crippen LogP contribution in [0.15, 0.2) is 36.5 Å². The van der Waals surface area contributed by atoms with Gasteiger partial charge in [0.15, 0.2) is 11.5 Å². The summed E-state index contributed by atoms with van der Waals surface area (Å²) in [5.41, 5.74) is 20.9. The van der Waals surface area contributed by atoms with Gasteiger partial charge in [-0.05, 0) is 41.8 Å². The third-order valence-corrected chi connectivity index (χ3v) is 5.08. The van der Waals surface area contributed by atoms with Gasteiger partial charge in [-0.3, -0.25) is 4.79 Å². The number of carbonyl (C=O) groups excluding carboxylic acids is 1. The standard InChI is InChI=1S/C25H24N6O3/c1-33-21-12-15(11-20-14-30-25(29)31-23(20)27)10-18(22(21)34-2)7-6-17-13-19(24(28)32)8-5-16(17)4-3-9-26/h5,8,10,12-14H,3-4,11H2,1-2H3,(H2,28,32)(H4,27,29,30,31). The lowest BCUT2D eigenvalue weighted by Crippen LogP contribution is -2.11. The van der Waals surface area contributed by atoms with Crippen LogP contribution in [0.25, 0.3) is 0 Å². The van der Waals surface area contributed by atoms with E-state index in [2.05, 4.69) is 27.9 Å². The summed E-state index contributed by atoms with van der Waals surface area (Å²) in [6.07, 6.45) is 2.82. The Morgan fingerprint density at radius 1 is 1.06 bits per heavy atom. The average molecular weight is 457 g/mol. The molecular weight excluding hydrogens is 432 g/mol. The number of hydrogen-bond donors (Lipinski definition) is 3. The largest absolute Gasteiger partial charge is 0.493 e. The highest BCUT2D eigenvalue weighted by molar-refractivity contribution is 5.93. The van der Waals surface area contributed by atoms with Crippen LogP contribution in [0.2, 0.25) is 0 Å². The van der Waals surface area contributed by atoms with Gasteiger partial charge in [0.05, 0.1) is 25.9 Å². The number of carbonyl (C=O) groups is 1. The van der Waals surface area contributed by atoms with E-state index in [1.165, 1.54) is 14.2 Å². The molecule has 9 heteroatoms. The Morgan fingerprint density at radius 2 is 1.82 bits per heavy atom. The highest BCUT2D eigenvalue weighted by Crippen LogP contribution is 2.33. The minimum absolute atomic E-state index is 0.102. The molecule has 0 radical (unpaired) electrons. The molecule has 0 aliphatic heterocycles. The Morgan fingerprint density at radius 3 is 2.47 bits per heavy atom. The number of ether oxygens (including phenoxy) is 2. The van der Waals surface area contributed by atoms with Crippen LogP contribution < -0.4 is 26.7 Å². The van der Waals surface area contributed by atoms with Gasteiger partial charge in [-0.1, -0.05) is 17.9 Å². The summed E-state index contributed by atoms with van der Waals surface area (Å²) in [7, 11) is 3.07. The molecule has 1 aromatic heterocycles. The maximum atomic E-state index is 11.7. The molecule has 0 fully saturated rings. The molecular formula is C25H24N6O3. The highest BCUT2D eigenvalue weighted by atomic mass is 16.5. The summed E-state index contributed by atoms with van der Waals surface area (Å²) in [5, 5.41) is 8.97. The molecule has 1 heterocycles. The second-order valence-corrected chi connectivity index (χ2v) is 7.34. The molecule has 2 aromatic carbocycles. The molecule has 0 atom stereocenters. The number of nitrogens with two attached hydrogens (primary N) is 3. The summed E-state index contributed by atoms with van der Waals surface area (Å²) in [5.74, 6) is 7.01. The van der Waals surface area contributed by atoms with Crippen molar-refractivity contribution in [2.45, 2.75) is 19.3 Å². The number of aromatic nitrogens is 2. The fourth-order valence-corrected chi connectivity index (χ4v) is 3.40. The van der Waals surface area contributed by atoms with Gasteiger partial charge in [-0.2, -0.15) is 10.2 Å². The van der Waals surface area contributed by atoms with Gasteiger partial charge < -0.3 is 26.7 Å². The summed E-state index contributed by atoms with van der Waals surface area (Å²) in [6, 6.07) is 10.8. The minimum atomic E-state index is -0.556. The van der Waals surface area contributed by atoms with Crippen LogP contribution >= 0.6 is 0 Å². The smallest absolute Gasteiger partial charge is 0.248 e. The number of nitrogens with zero attached hydrogens (tertiary/aromatic N) is 3. The van der Waals surface area contributed by atoms with Gasteiger partial charge in [-0.15, -0.1) is 0 Å². The van der Waals surface area contributed by atoms with Crippen LogP contribution in [-0.2, 0) is 12.8 Å². The fourth-order valence-electron chi connectivity index (χ4n) is 3.40. The lowest BCUT2D eigenvalue weighted by molar-refractivity contribution is 0.1000. The number of primary amides is 1. The molecule has 172 valence electrons. The Balaban J connectivity index is 2.08. The molecule has 34 heavy (non-hydrogen) atoms. The molecule has 9 nitrogen and oxygen atoms in total. The molecule has 1 amide bonds. The van der Waals surface area contributed by atoms with Crippen molar-refractivity contribution in [1.29, 1.82) is 5.26 Å². The van der Waals surface area contributed by atoms with Crippen molar-refractivity contribution in [3.05, 3.63) is 69.9 Å². The Bertz CT molecular complexity index is 1330. The minimum Gasteiger partial charge on any atom is -0.493 e. The van der Waals surface area contributed by atoms with Gasteiger partial charge in [0.25, 0.3) is 0 Å². The normalized spacial score (nSPS) is 10.0. The van der Waals surface area contributed by atoms with E-state index in [4.69, 9.17) is 31.9 Å². The highest BCUT2D eigenvalue weighted by Gasteiger charge is 2.14. The van der Waals surface area contributed by atoms with Crippen molar-refractivity contribution in [2.75, 3.05) is 25.7 Å². The van der Waals surface area contributed by atoms with E-state index in [-0.39, 0.29) is 5.95 Å². The summed E-state index contributed by atoms with van der Waals surface area (Å²) in [4.78, 5) is 19.7. The molecule has 6 N–H and O–H groups in total. The number of nitrogen functional groups attached to an aromatic ring is 2. The fraction of sp³-hybridized carbons (Fsp3) is 0.200. The van der Waals surface area contributed by atoms with Crippen molar-refractivity contribution in [3.63, 3.8) is 0 Å². The van der Waals surface area contributed by atoms with E-state index >= 15 is 0 Å². The van der Waals surface area contributed by atoms with Crippen LogP contribution in [-0.4, -0.2) is 30.1 Å². The van der Waals surface area contributed by atoms with Crippen molar-refractivity contribution in [1.82, 2.24) is 9.97 Å². The number of benzene rings is 2. The SMILES string of the molecule is COc1cc(Cc2cnc(N)nc2N)cc(C#Cc2cc(C(N)=O)ccc2CCC#N)c1OC. The number of hydrogen-bond acceptors (Lipinski definition) is 8. The first kappa shape index (κ1) is 23.9. The van der Waals surface area contributed by atoms with E-state index in [0.717, 1.165) is 11.1 Å². The van der Waals surface area contributed by atoms with Crippen molar-refractivity contribution in [2.24, 2.45) is 5.73 Å². The topological polar surface area (TPSA) is 163 Å². The Labute approximate surface area is 197 Å². The number of amides is 1. The molecule has 0 saturated carbocycles. The first-order valence-electron chi connectivity index (χ1n) is 10.3. The second kappa shape index (κ2) is 10.7. The third kappa shape index (κ3) is 5.53. The Hall–Kier alpha value is -4.76. The summed E-state index contributed by atoms with van der Waals surface area (Å²) >= 11 is 0. The molecule has 0 aliphatic rings. The number of aryl methyl sites for hydroxylation is 1. The van der Waals surface area contributed by atoms with Crippen molar-refractivity contribution in [3.8, 4) is 29.4 Å². The molecule has 0 spiro atoms. The lowest BCUT2D eigenvalue weighted by Gasteiger charge is -2.13. The zero-order valence-corrected chi connectivity index (χ0v) is 18.9. The van der Waals surface area contributed by atoms with Crippen molar-refractivity contribution >= 4 is 17.7 Å². The Kier molecular flexibility index (Phi) is 7.52. The van der Waals surface area contributed by atoms with E-state index in [9.17, 15) is 4.79 Å². The molecule has 0 unspecified atom stereocenters. The van der Waals surface area contributed by atoms with Crippen LogP contribution in [0.3, 0.4) is 0 Å². The van der Waals surface area contributed by atoms with Gasteiger partial charge in [0, 0.05) is 35.7 Å². The van der Waals surface area contributed by atoms with Gasteiger partial charge in [-0.25, -0.2) is 4.98 Å². The van der Waals surface area contributed by atoms with Crippen LogP contribution in [0.1, 0.15) is 44.6 Å². The van der Waals surface area contributed by atoms with Gasteiger partial charge in [0.2, 0.25) is 11.9 Å². The van der Waals surface area contributed by atoms with E-state index in [1.807, 2.05) is 12.1 Å². The molecule has 3 aromatic rings. The van der Waals surface area contributed by atoms with Crippen LogP contribution in [0.4, 0.5) is 11.8 Å². The maximum absolute atomic E-state index is 11.7. The van der Waals surface area contributed by atoms with Crippen LogP contribution in [0, 0.1) is 23.2 Å². The quantitative estimate of drug-likeness (QED) is 0.456. The zero-order chi connectivity index (χ0) is 24.7. The third-order valence-electron chi connectivity index (χ3n) is 5.08. The number of nitriles is 1. The number of rotatable bonds is 7. The molecule has 3 rings (SSSR count). The number of anilines is 2. The maximum Gasteiger partial charge on any atom is 0.248 e. The van der Waals surface area contributed by atoms with Gasteiger partial charge >= 0.3 is 0 Å². The van der Waals surface area contributed by atoms with E-state index < -0.39 is 5.91 Å². The van der Waals surface area contributed by atoms with Crippen LogP contribution in [0.5, 0.6) is 11.5 Å². The number of methoxy groups -OCH3 is 2. The van der Waals surface area contributed by atoms with Gasteiger partial charge in [0.1, 0.15) is 5.82 Å². The molecule has 0 aliphatic carbocycles.